The van der Waals surface area contributed by atoms with Gasteiger partial charge in [-0.15, -0.1) is 0 Å². The second-order valence-corrected chi connectivity index (χ2v) is 7.89. The highest BCUT2D eigenvalue weighted by Gasteiger charge is 2.53. The van der Waals surface area contributed by atoms with Crippen LogP contribution >= 0.6 is 0 Å². The lowest BCUT2D eigenvalue weighted by atomic mass is 9.60. The molecule has 0 saturated heterocycles. The molecule has 0 aromatic heterocycles. The van der Waals surface area contributed by atoms with E-state index in [-0.39, 0.29) is 17.5 Å². The molecule has 0 heterocycles. The fourth-order valence-corrected chi connectivity index (χ4v) is 5.45. The highest BCUT2D eigenvalue weighted by Crippen LogP contribution is 2.58. The predicted octanol–water partition coefficient (Wildman–Crippen LogP) is 4.89. The van der Waals surface area contributed by atoms with Crippen LogP contribution in [-0.4, -0.2) is 12.1 Å². The Morgan fingerprint density at radius 2 is 2.09 bits per heavy atom. The minimum Gasteiger partial charge on any atom is -0.462 e. The Morgan fingerprint density at radius 1 is 1.26 bits per heavy atom. The van der Waals surface area contributed by atoms with E-state index >= 15 is 0 Å². The van der Waals surface area contributed by atoms with Crippen LogP contribution in [-0.2, 0) is 9.53 Å². The Balaban J connectivity index is 1.73. The number of carbonyl (C=O) groups is 1. The van der Waals surface area contributed by atoms with Gasteiger partial charge < -0.3 is 4.74 Å². The van der Waals surface area contributed by atoms with Gasteiger partial charge in [0.15, 0.2) is 0 Å². The molecule has 122 valence electrons. The van der Waals surface area contributed by atoms with E-state index in [9.17, 15) is 4.79 Å². The first kappa shape index (κ1) is 15.0. The van der Waals surface area contributed by atoms with Crippen LogP contribution in [0.3, 0.4) is 0 Å². The fourth-order valence-electron chi connectivity index (χ4n) is 5.45. The molecule has 4 atom stereocenters. The zero-order valence-corrected chi connectivity index (χ0v) is 14.2. The van der Waals surface area contributed by atoms with Gasteiger partial charge in [-0.3, -0.25) is 4.79 Å². The molecular weight excluding hydrogens is 284 g/mol. The van der Waals surface area contributed by atoms with Crippen LogP contribution in [0.1, 0.15) is 52.4 Å². The van der Waals surface area contributed by atoms with Crippen LogP contribution in [0.4, 0.5) is 0 Å². The molecule has 0 aromatic carbocycles. The first-order chi connectivity index (χ1) is 11.0. The second-order valence-electron chi connectivity index (χ2n) is 7.89. The minimum atomic E-state index is -0.144. The van der Waals surface area contributed by atoms with Crippen molar-refractivity contribution in [3.63, 3.8) is 0 Å². The molecule has 0 aromatic rings. The van der Waals surface area contributed by atoms with Crippen molar-refractivity contribution in [2.75, 3.05) is 0 Å². The summed E-state index contributed by atoms with van der Waals surface area (Å²) in [6.07, 6.45) is 13.9. The molecule has 4 aliphatic carbocycles. The molecule has 0 aliphatic heterocycles. The summed E-state index contributed by atoms with van der Waals surface area (Å²) >= 11 is 0. The Bertz CT molecular complexity index is 663. The molecule has 1 unspecified atom stereocenters. The van der Waals surface area contributed by atoms with Crippen molar-refractivity contribution in [1.82, 2.24) is 0 Å². The van der Waals surface area contributed by atoms with E-state index in [1.807, 2.05) is 0 Å². The van der Waals surface area contributed by atoms with E-state index in [2.05, 4.69) is 31.7 Å². The van der Waals surface area contributed by atoms with E-state index in [0.717, 1.165) is 19.3 Å². The molecule has 23 heavy (non-hydrogen) atoms. The number of ether oxygens (including phenoxy) is 1. The molecule has 1 fully saturated rings. The summed E-state index contributed by atoms with van der Waals surface area (Å²) < 4.78 is 5.65. The van der Waals surface area contributed by atoms with Gasteiger partial charge in [-0.25, -0.2) is 0 Å². The maximum Gasteiger partial charge on any atom is 0.302 e. The van der Waals surface area contributed by atoms with E-state index in [0.29, 0.717) is 11.8 Å². The van der Waals surface area contributed by atoms with Crippen LogP contribution in [0.25, 0.3) is 0 Å². The molecule has 0 N–H and O–H groups in total. The Hall–Kier alpha value is -1.57. The smallest absolute Gasteiger partial charge is 0.302 e. The summed E-state index contributed by atoms with van der Waals surface area (Å²) in [4.78, 5) is 11.4. The quantitative estimate of drug-likeness (QED) is 0.645. The summed E-state index contributed by atoms with van der Waals surface area (Å²) in [6.45, 7) is 7.97. The average molecular weight is 310 g/mol. The molecule has 0 spiro atoms. The van der Waals surface area contributed by atoms with Gasteiger partial charge in [0.05, 0.1) is 0 Å². The molecule has 4 aliphatic rings. The molecular formula is C21H26O2. The van der Waals surface area contributed by atoms with Gasteiger partial charge in [-0.05, 0) is 67.1 Å². The zero-order chi connectivity index (χ0) is 16.2. The summed E-state index contributed by atoms with van der Waals surface area (Å²) in [5.74, 6) is 1.11. The maximum absolute atomic E-state index is 11.4. The normalized spacial score (nSPS) is 38.6. The van der Waals surface area contributed by atoms with Crippen molar-refractivity contribution in [2.24, 2.45) is 17.3 Å². The third-order valence-electron chi connectivity index (χ3n) is 6.58. The lowest BCUT2D eigenvalue weighted by Gasteiger charge is -2.45. The van der Waals surface area contributed by atoms with E-state index in [4.69, 9.17) is 4.74 Å². The first-order valence-electron chi connectivity index (χ1n) is 8.97. The Kier molecular flexibility index (Phi) is 3.40. The van der Waals surface area contributed by atoms with E-state index < -0.39 is 0 Å². The van der Waals surface area contributed by atoms with Crippen LogP contribution in [0.2, 0.25) is 0 Å². The van der Waals surface area contributed by atoms with Crippen molar-refractivity contribution in [3.8, 4) is 0 Å². The SMILES string of the molecule is C=C1C=C2CCC3C(=C2CC1)C=C[C@]1(C)[C@@H](OC(C)=O)CC[C@H]31. The van der Waals surface area contributed by atoms with E-state index in [1.54, 1.807) is 11.1 Å². The minimum absolute atomic E-state index is 0.0138. The summed E-state index contributed by atoms with van der Waals surface area (Å²) in [6, 6.07) is 0. The number of hydrogen-bond acceptors (Lipinski definition) is 2. The van der Waals surface area contributed by atoms with Crippen molar-refractivity contribution in [1.29, 1.82) is 0 Å². The van der Waals surface area contributed by atoms with Crippen molar-refractivity contribution in [2.45, 2.75) is 58.5 Å². The van der Waals surface area contributed by atoms with Gasteiger partial charge >= 0.3 is 5.97 Å². The van der Waals surface area contributed by atoms with Crippen LogP contribution in [0.5, 0.6) is 0 Å². The van der Waals surface area contributed by atoms with E-state index in [1.165, 1.54) is 37.3 Å². The monoisotopic (exact) mass is 310 g/mol. The first-order valence-corrected chi connectivity index (χ1v) is 8.97. The fraction of sp³-hybridized carbons (Fsp3) is 0.571. The standard InChI is InChI=1S/C21H26O2/c1-13-4-6-16-15(12-13)5-7-18-17(16)10-11-21(3)19(18)8-9-20(21)23-14(2)22/h10-12,18-20H,1,4-9H2,2-3H3/t18?,19-,20+,21+/m1/s1. The highest BCUT2D eigenvalue weighted by molar-refractivity contribution is 5.66. The third-order valence-corrected chi connectivity index (χ3v) is 6.58. The van der Waals surface area contributed by atoms with Gasteiger partial charge in [0.25, 0.3) is 0 Å². The summed E-state index contributed by atoms with van der Waals surface area (Å²) in [5.41, 5.74) is 5.97. The lowest BCUT2D eigenvalue weighted by Crippen LogP contribution is -2.40. The molecule has 2 nitrogen and oxygen atoms in total. The van der Waals surface area contributed by atoms with Crippen LogP contribution < -0.4 is 0 Å². The van der Waals surface area contributed by atoms with Gasteiger partial charge in [-0.1, -0.05) is 37.3 Å². The highest BCUT2D eigenvalue weighted by atomic mass is 16.5. The van der Waals surface area contributed by atoms with Crippen molar-refractivity contribution >= 4 is 5.97 Å². The largest absolute Gasteiger partial charge is 0.462 e. The van der Waals surface area contributed by atoms with Gasteiger partial charge in [0.1, 0.15) is 6.10 Å². The van der Waals surface area contributed by atoms with Gasteiger partial charge in [0, 0.05) is 12.3 Å². The number of esters is 1. The third kappa shape index (κ3) is 2.26. The summed E-state index contributed by atoms with van der Waals surface area (Å²) in [7, 11) is 0. The number of allylic oxidation sites excluding steroid dienone is 6. The topological polar surface area (TPSA) is 26.3 Å². The predicted molar refractivity (Wildman–Crippen MR) is 91.7 cm³/mol. The number of hydrogen-bond donors (Lipinski definition) is 0. The van der Waals surface area contributed by atoms with Crippen molar-refractivity contribution in [3.05, 3.63) is 47.1 Å². The van der Waals surface area contributed by atoms with Crippen molar-refractivity contribution < 1.29 is 9.53 Å². The maximum atomic E-state index is 11.4. The summed E-state index contributed by atoms with van der Waals surface area (Å²) in [5, 5.41) is 0. The molecule has 0 bridgehead atoms. The molecule has 0 radical (unpaired) electrons. The van der Waals surface area contributed by atoms with Crippen LogP contribution in [0, 0.1) is 17.3 Å². The number of carbonyl (C=O) groups excluding carboxylic acids is 1. The number of rotatable bonds is 1. The second kappa shape index (κ2) is 5.22. The van der Waals surface area contributed by atoms with Gasteiger partial charge in [-0.2, -0.15) is 0 Å². The molecule has 0 amide bonds. The molecule has 1 saturated carbocycles. The number of fused-ring (bicyclic) bond motifs is 4. The zero-order valence-electron chi connectivity index (χ0n) is 14.2. The Morgan fingerprint density at radius 3 is 2.87 bits per heavy atom. The van der Waals surface area contributed by atoms with Gasteiger partial charge in [0.2, 0.25) is 0 Å². The van der Waals surface area contributed by atoms with Crippen LogP contribution in [0.15, 0.2) is 47.1 Å². The average Bonchev–Trinajstić information content (AvgIpc) is 2.83. The molecule has 2 heteroatoms. The Labute approximate surface area is 139 Å². The lowest BCUT2D eigenvalue weighted by molar-refractivity contribution is -0.150. The molecule has 4 rings (SSSR count).